The number of para-hydroxylation sites is 4. The molecule has 0 atom stereocenters. The Morgan fingerprint density at radius 3 is 1.65 bits per heavy atom. The Hall–Kier alpha value is -7.12. The van der Waals surface area contributed by atoms with Gasteiger partial charge in [-0.1, -0.05) is 78.9 Å². The van der Waals surface area contributed by atoms with E-state index < -0.39 is 0 Å². The fourth-order valence-corrected chi connectivity index (χ4v) is 7.42. The lowest BCUT2D eigenvalue weighted by molar-refractivity contribution is 0.668. The zero-order chi connectivity index (χ0) is 33.5. The van der Waals surface area contributed by atoms with Gasteiger partial charge in [0.25, 0.3) is 0 Å². The highest BCUT2D eigenvalue weighted by molar-refractivity contribution is 6.10. The fourth-order valence-electron chi connectivity index (χ4n) is 7.42. The van der Waals surface area contributed by atoms with Crippen molar-refractivity contribution in [3.8, 4) is 39.9 Å². The number of benzene rings is 6. The quantitative estimate of drug-likeness (QED) is 0.188. The summed E-state index contributed by atoms with van der Waals surface area (Å²) in [7, 11) is 0. The van der Waals surface area contributed by atoms with Crippen LogP contribution in [0.4, 0.5) is 0 Å². The van der Waals surface area contributed by atoms with E-state index in [1.54, 1.807) is 6.20 Å². The van der Waals surface area contributed by atoms with Gasteiger partial charge in [-0.05, 0) is 60.7 Å². The van der Waals surface area contributed by atoms with Crippen molar-refractivity contribution in [3.05, 3.63) is 152 Å². The minimum absolute atomic E-state index is 0.539. The van der Waals surface area contributed by atoms with Crippen LogP contribution in [0.15, 0.2) is 161 Å². The second-order valence-corrected chi connectivity index (χ2v) is 12.7. The first-order valence-electron chi connectivity index (χ1n) is 16.8. The summed E-state index contributed by atoms with van der Waals surface area (Å²) in [4.78, 5) is 19.7. The summed E-state index contributed by atoms with van der Waals surface area (Å²) in [5, 5.41) is 6.46. The predicted molar refractivity (Wildman–Crippen MR) is 203 cm³/mol. The molecule has 51 heavy (non-hydrogen) atoms. The third-order valence-electron chi connectivity index (χ3n) is 9.77. The number of fused-ring (bicyclic) bond motifs is 9. The van der Waals surface area contributed by atoms with Crippen LogP contribution in [-0.4, -0.2) is 24.5 Å². The van der Waals surface area contributed by atoms with E-state index in [4.69, 9.17) is 23.8 Å². The van der Waals surface area contributed by atoms with E-state index in [-0.39, 0.29) is 0 Å². The topological polar surface area (TPSA) is 82.8 Å². The molecule has 6 aromatic carbocycles. The molecule has 7 heteroatoms. The third-order valence-corrected chi connectivity index (χ3v) is 9.77. The lowest BCUT2D eigenvalue weighted by Crippen LogP contribution is -2.03. The zero-order valence-corrected chi connectivity index (χ0v) is 27.0. The molecule has 5 aromatic heterocycles. The van der Waals surface area contributed by atoms with Crippen LogP contribution in [0.5, 0.6) is 0 Å². The maximum atomic E-state index is 6.28. The number of rotatable bonds is 4. The van der Waals surface area contributed by atoms with Crippen LogP contribution in [0, 0.1) is 0 Å². The van der Waals surface area contributed by atoms with Crippen molar-refractivity contribution in [3.63, 3.8) is 0 Å². The Balaban J connectivity index is 1.16. The number of pyridine rings is 1. The number of furan rings is 2. The molecular weight excluding hydrogens is 631 g/mol. The maximum absolute atomic E-state index is 6.28. The van der Waals surface area contributed by atoms with E-state index in [2.05, 4.69) is 94.5 Å². The molecule has 0 aliphatic heterocycles. The van der Waals surface area contributed by atoms with Gasteiger partial charge in [-0.2, -0.15) is 0 Å². The summed E-state index contributed by atoms with van der Waals surface area (Å²) in [6, 6.07) is 47.5. The highest BCUT2D eigenvalue weighted by atomic mass is 16.3. The van der Waals surface area contributed by atoms with Crippen LogP contribution >= 0.6 is 0 Å². The smallest absolute Gasteiger partial charge is 0.166 e. The average Bonchev–Trinajstić information content (AvgIpc) is 3.86. The molecule has 0 radical (unpaired) electrons. The molecule has 7 nitrogen and oxygen atoms in total. The Morgan fingerprint density at radius 2 is 0.941 bits per heavy atom. The maximum Gasteiger partial charge on any atom is 0.166 e. The number of aromatic nitrogens is 5. The second kappa shape index (κ2) is 10.7. The van der Waals surface area contributed by atoms with Crippen molar-refractivity contribution < 1.29 is 8.83 Å². The summed E-state index contributed by atoms with van der Waals surface area (Å²) >= 11 is 0. The molecule has 0 saturated carbocycles. The highest BCUT2D eigenvalue weighted by Crippen LogP contribution is 2.38. The number of hydrogen-bond donors (Lipinski definition) is 0. The van der Waals surface area contributed by atoms with Crippen molar-refractivity contribution >= 4 is 65.7 Å². The molecule has 0 aliphatic carbocycles. The van der Waals surface area contributed by atoms with Crippen molar-refractivity contribution in [1.29, 1.82) is 0 Å². The van der Waals surface area contributed by atoms with Gasteiger partial charge in [0, 0.05) is 61.4 Å². The van der Waals surface area contributed by atoms with Gasteiger partial charge in [0.2, 0.25) is 0 Å². The van der Waals surface area contributed by atoms with Gasteiger partial charge >= 0.3 is 0 Å². The van der Waals surface area contributed by atoms with Crippen LogP contribution in [0.2, 0.25) is 0 Å². The van der Waals surface area contributed by atoms with Gasteiger partial charge in [0.05, 0.1) is 16.7 Å². The summed E-state index contributed by atoms with van der Waals surface area (Å²) in [5.74, 6) is 1.64. The van der Waals surface area contributed by atoms with Gasteiger partial charge in [-0.3, -0.25) is 4.98 Å². The second-order valence-electron chi connectivity index (χ2n) is 12.7. The molecular formula is C44H25N5O2. The summed E-state index contributed by atoms with van der Waals surface area (Å²) in [6.07, 6.45) is 3.57. The molecule has 238 valence electrons. The van der Waals surface area contributed by atoms with E-state index in [9.17, 15) is 0 Å². The van der Waals surface area contributed by atoms with E-state index in [1.165, 1.54) is 10.8 Å². The van der Waals surface area contributed by atoms with Gasteiger partial charge in [0.15, 0.2) is 17.5 Å². The molecule has 0 unspecified atom stereocenters. The van der Waals surface area contributed by atoms with Crippen molar-refractivity contribution in [2.24, 2.45) is 0 Å². The lowest BCUT2D eigenvalue weighted by atomic mass is 10.1. The average molecular weight is 656 g/mol. The molecule has 0 amide bonds. The van der Waals surface area contributed by atoms with Gasteiger partial charge in [0.1, 0.15) is 22.3 Å². The standard InChI is InChI=1S/C44H25N5O2/c1-5-13-35-28(9-1)29-10-2-6-14-36(29)49(35)37-15-7-3-12-33(37)44-47-42(26-17-19-31-30-11-4-8-16-38(30)50-40(31)23-26)46-43(48-44)27-18-20-32-34-25-45-22-21-39(34)51-41(32)24-27/h1-25H. The van der Waals surface area contributed by atoms with E-state index in [1.807, 2.05) is 60.8 Å². The Kier molecular flexibility index (Phi) is 5.83. The third kappa shape index (κ3) is 4.25. The molecule has 0 N–H and O–H groups in total. The highest BCUT2D eigenvalue weighted by Gasteiger charge is 2.20. The summed E-state index contributed by atoms with van der Waals surface area (Å²) in [5.41, 5.74) is 8.88. The predicted octanol–water partition coefficient (Wildman–Crippen LogP) is 11.2. The number of hydrogen-bond acceptors (Lipinski definition) is 6. The van der Waals surface area contributed by atoms with Crippen LogP contribution < -0.4 is 0 Å². The van der Waals surface area contributed by atoms with Crippen LogP contribution in [-0.2, 0) is 0 Å². The summed E-state index contributed by atoms with van der Waals surface area (Å²) in [6.45, 7) is 0. The Morgan fingerprint density at radius 1 is 0.412 bits per heavy atom. The van der Waals surface area contributed by atoms with Gasteiger partial charge in [-0.15, -0.1) is 0 Å². The number of nitrogens with zero attached hydrogens (tertiary/aromatic N) is 5. The van der Waals surface area contributed by atoms with E-state index in [0.717, 1.165) is 77.3 Å². The molecule has 0 spiro atoms. The summed E-state index contributed by atoms with van der Waals surface area (Å²) < 4.78 is 14.8. The SMILES string of the molecule is c1ccc(-n2c3ccccc3c3ccccc32)c(-c2nc(-c3ccc4c(c3)oc3ccccc34)nc(-c3ccc4c(c3)oc3ccncc34)n2)c1. The monoisotopic (exact) mass is 655 g/mol. The largest absolute Gasteiger partial charge is 0.456 e. The van der Waals surface area contributed by atoms with Crippen molar-refractivity contribution in [2.75, 3.05) is 0 Å². The first-order valence-corrected chi connectivity index (χ1v) is 16.8. The normalized spacial score (nSPS) is 11.9. The molecule has 11 rings (SSSR count). The lowest BCUT2D eigenvalue weighted by Gasteiger charge is -2.14. The molecule has 0 saturated heterocycles. The van der Waals surface area contributed by atoms with Crippen LogP contribution in [0.3, 0.4) is 0 Å². The van der Waals surface area contributed by atoms with Crippen LogP contribution in [0.25, 0.3) is 106 Å². The zero-order valence-electron chi connectivity index (χ0n) is 27.0. The van der Waals surface area contributed by atoms with Gasteiger partial charge in [-0.25, -0.2) is 15.0 Å². The minimum atomic E-state index is 0.539. The van der Waals surface area contributed by atoms with Crippen molar-refractivity contribution in [1.82, 2.24) is 24.5 Å². The first kappa shape index (κ1) is 27.8. The fraction of sp³-hybridized carbons (Fsp3) is 0. The first-order chi connectivity index (χ1) is 25.3. The van der Waals surface area contributed by atoms with E-state index >= 15 is 0 Å². The van der Waals surface area contributed by atoms with Crippen LogP contribution in [0.1, 0.15) is 0 Å². The molecule has 0 fully saturated rings. The van der Waals surface area contributed by atoms with E-state index in [0.29, 0.717) is 17.5 Å². The molecule has 11 aromatic rings. The molecule has 0 bridgehead atoms. The van der Waals surface area contributed by atoms with Gasteiger partial charge < -0.3 is 13.4 Å². The molecule has 5 heterocycles. The Labute approximate surface area is 290 Å². The minimum Gasteiger partial charge on any atom is -0.456 e. The van der Waals surface area contributed by atoms with Crippen molar-refractivity contribution in [2.45, 2.75) is 0 Å². The molecule has 0 aliphatic rings. The Bertz CT molecular complexity index is 2980.